The number of esters is 1. The molecule has 0 aliphatic heterocycles. The molecule has 1 saturated carbocycles. The van der Waals surface area contributed by atoms with E-state index in [9.17, 15) is 4.79 Å². The molecule has 0 spiro atoms. The van der Waals surface area contributed by atoms with Gasteiger partial charge in [0.25, 0.3) is 0 Å². The molecule has 1 aromatic rings. The van der Waals surface area contributed by atoms with Gasteiger partial charge >= 0.3 is 5.97 Å². The van der Waals surface area contributed by atoms with Gasteiger partial charge in [0.15, 0.2) is 0 Å². The summed E-state index contributed by atoms with van der Waals surface area (Å²) in [5, 5.41) is 0. The van der Waals surface area contributed by atoms with Crippen LogP contribution in [-0.4, -0.2) is 38.9 Å². The molecule has 0 amide bonds. The number of methoxy groups -OCH3 is 2. The van der Waals surface area contributed by atoms with E-state index in [1.165, 1.54) is 7.11 Å². The summed E-state index contributed by atoms with van der Waals surface area (Å²) >= 11 is 0. The van der Waals surface area contributed by atoms with Crippen LogP contribution in [0.3, 0.4) is 0 Å². The molecular weight excluding hydrogens is 340 g/mol. The molecule has 1 aliphatic carbocycles. The van der Waals surface area contributed by atoms with Gasteiger partial charge in [0.1, 0.15) is 0 Å². The molecule has 2 rings (SSSR count). The summed E-state index contributed by atoms with van der Waals surface area (Å²) < 4.78 is 10.3. The lowest BCUT2D eigenvalue weighted by molar-refractivity contribution is -0.140. The predicted octanol–water partition coefficient (Wildman–Crippen LogP) is 4.36. The van der Waals surface area contributed by atoms with E-state index in [0.717, 1.165) is 49.2 Å². The number of carbonyl (C=O) groups excluding carboxylic acids is 1. The van der Waals surface area contributed by atoms with Crippen LogP contribution in [0.15, 0.2) is 18.2 Å². The molecule has 0 saturated heterocycles. The van der Waals surface area contributed by atoms with Gasteiger partial charge in [-0.15, -0.1) is 0 Å². The number of anilines is 2. The average molecular weight is 377 g/mol. The van der Waals surface area contributed by atoms with Crippen molar-refractivity contribution >= 4 is 17.3 Å². The van der Waals surface area contributed by atoms with Crippen molar-refractivity contribution in [1.82, 2.24) is 0 Å². The second-order valence-electron chi connectivity index (χ2n) is 8.21. The van der Waals surface area contributed by atoms with Crippen LogP contribution in [0.4, 0.5) is 11.4 Å². The summed E-state index contributed by atoms with van der Waals surface area (Å²) in [6, 6.07) is 6.76. The summed E-state index contributed by atoms with van der Waals surface area (Å²) in [5.74, 6) is 0.452. The number of nitrogens with zero attached hydrogens (tertiary/aromatic N) is 1. The number of carbonyl (C=O) groups is 1. The Morgan fingerprint density at radius 2 is 1.85 bits per heavy atom. The van der Waals surface area contributed by atoms with Crippen LogP contribution in [0.5, 0.6) is 0 Å². The Morgan fingerprint density at radius 1 is 1.19 bits per heavy atom. The highest BCUT2D eigenvalue weighted by Gasteiger charge is 2.27. The lowest BCUT2D eigenvalue weighted by atomic mass is 9.90. The largest absolute Gasteiger partial charge is 0.469 e. The topological polar surface area (TPSA) is 64.8 Å². The highest BCUT2D eigenvalue weighted by molar-refractivity contribution is 5.72. The first-order chi connectivity index (χ1) is 12.8. The van der Waals surface area contributed by atoms with Gasteiger partial charge in [-0.1, -0.05) is 26.8 Å². The molecule has 152 valence electrons. The van der Waals surface area contributed by atoms with E-state index in [0.29, 0.717) is 24.5 Å². The van der Waals surface area contributed by atoms with Crippen LogP contribution in [0, 0.1) is 5.92 Å². The maximum absolute atomic E-state index is 11.6. The van der Waals surface area contributed by atoms with Gasteiger partial charge in [-0.3, -0.25) is 4.79 Å². The van der Waals surface area contributed by atoms with E-state index >= 15 is 0 Å². The molecule has 27 heavy (non-hydrogen) atoms. The minimum atomic E-state index is -0.193. The normalized spacial score (nSPS) is 21.1. The third-order valence-corrected chi connectivity index (χ3v) is 5.61. The Kier molecular flexibility index (Phi) is 7.96. The second kappa shape index (κ2) is 9.98. The third-order valence-electron chi connectivity index (χ3n) is 5.61. The molecule has 5 nitrogen and oxygen atoms in total. The van der Waals surface area contributed by atoms with Gasteiger partial charge in [0, 0.05) is 19.7 Å². The van der Waals surface area contributed by atoms with Crippen molar-refractivity contribution < 1.29 is 14.3 Å². The highest BCUT2D eigenvalue weighted by Crippen LogP contribution is 2.34. The van der Waals surface area contributed by atoms with Crippen molar-refractivity contribution in [2.24, 2.45) is 5.92 Å². The number of nitrogens with two attached hydrogens (primary N) is 1. The fourth-order valence-electron chi connectivity index (χ4n) is 4.02. The lowest BCUT2D eigenvalue weighted by Gasteiger charge is -2.39. The smallest absolute Gasteiger partial charge is 0.306 e. The molecular formula is C22H36N2O3. The molecule has 1 aromatic carbocycles. The molecule has 0 radical (unpaired) electrons. The van der Waals surface area contributed by atoms with Crippen molar-refractivity contribution in [1.29, 1.82) is 0 Å². The van der Waals surface area contributed by atoms with Crippen LogP contribution in [0.25, 0.3) is 0 Å². The van der Waals surface area contributed by atoms with Gasteiger partial charge in [0.2, 0.25) is 0 Å². The van der Waals surface area contributed by atoms with Crippen LogP contribution in [0.1, 0.15) is 64.4 Å². The van der Waals surface area contributed by atoms with Crippen molar-refractivity contribution in [3.63, 3.8) is 0 Å². The quantitative estimate of drug-likeness (QED) is 0.539. The zero-order valence-corrected chi connectivity index (χ0v) is 17.5. The summed E-state index contributed by atoms with van der Waals surface area (Å²) in [4.78, 5) is 14.0. The molecule has 0 unspecified atom stereocenters. The zero-order valence-electron chi connectivity index (χ0n) is 17.5. The van der Waals surface area contributed by atoms with Crippen LogP contribution in [-0.2, 0) is 14.3 Å². The lowest BCUT2D eigenvalue weighted by Crippen LogP contribution is -2.42. The van der Waals surface area contributed by atoms with Crippen molar-refractivity contribution in [3.8, 4) is 0 Å². The molecule has 1 atom stereocenters. The fourth-order valence-corrected chi connectivity index (χ4v) is 4.02. The Morgan fingerprint density at radius 3 is 2.37 bits per heavy atom. The van der Waals surface area contributed by atoms with Gasteiger partial charge in [-0.25, -0.2) is 0 Å². The van der Waals surface area contributed by atoms with Gasteiger partial charge in [0.05, 0.1) is 31.0 Å². The Labute approximate surface area is 164 Å². The molecule has 5 heteroatoms. The molecule has 1 fully saturated rings. The predicted molar refractivity (Wildman–Crippen MR) is 111 cm³/mol. The number of hydrogen-bond acceptors (Lipinski definition) is 5. The zero-order chi connectivity index (χ0) is 20.0. The van der Waals surface area contributed by atoms with E-state index in [1.54, 1.807) is 0 Å². The summed E-state index contributed by atoms with van der Waals surface area (Å²) in [5.41, 5.74) is 9.45. The van der Waals surface area contributed by atoms with Gasteiger partial charge in [-0.05, 0) is 55.2 Å². The number of rotatable bonds is 8. The van der Waals surface area contributed by atoms with Crippen LogP contribution in [0.2, 0.25) is 0 Å². The number of ether oxygens (including phenoxy) is 2. The number of nitrogen functional groups attached to an aromatic ring is 1. The SMILES string of the molecule is COC(=O)C[C@@H](C)c1ccc(N(CC(C)C)[C@H]2CC[C@H](OC)CC2)c(N)c1. The van der Waals surface area contributed by atoms with Gasteiger partial charge < -0.3 is 20.1 Å². The van der Waals surface area contributed by atoms with Crippen molar-refractivity contribution in [2.45, 2.75) is 70.9 Å². The maximum atomic E-state index is 11.6. The first-order valence-electron chi connectivity index (χ1n) is 10.1. The molecule has 1 aliphatic rings. The number of hydrogen-bond donors (Lipinski definition) is 1. The Hall–Kier alpha value is -1.75. The minimum absolute atomic E-state index is 0.0875. The summed E-state index contributed by atoms with van der Waals surface area (Å²) in [7, 11) is 3.23. The molecule has 0 heterocycles. The van der Waals surface area contributed by atoms with Crippen LogP contribution < -0.4 is 10.6 Å². The Balaban J connectivity index is 2.19. The van der Waals surface area contributed by atoms with E-state index in [1.807, 2.05) is 20.1 Å². The highest BCUT2D eigenvalue weighted by atomic mass is 16.5. The summed E-state index contributed by atoms with van der Waals surface area (Å²) in [6.07, 6.45) is 5.22. The van der Waals surface area contributed by atoms with E-state index < -0.39 is 0 Å². The third kappa shape index (κ3) is 5.86. The van der Waals surface area contributed by atoms with Crippen LogP contribution >= 0.6 is 0 Å². The molecule has 0 bridgehead atoms. The maximum Gasteiger partial charge on any atom is 0.306 e. The Bertz CT molecular complexity index is 610. The van der Waals surface area contributed by atoms with E-state index in [2.05, 4.69) is 30.9 Å². The average Bonchev–Trinajstić information content (AvgIpc) is 2.66. The number of benzene rings is 1. The molecule has 0 aromatic heterocycles. The second-order valence-corrected chi connectivity index (χ2v) is 8.21. The van der Waals surface area contributed by atoms with Crippen molar-refractivity contribution in [3.05, 3.63) is 23.8 Å². The van der Waals surface area contributed by atoms with Gasteiger partial charge in [-0.2, -0.15) is 0 Å². The fraction of sp³-hybridized carbons (Fsp3) is 0.682. The summed E-state index contributed by atoms with van der Waals surface area (Å²) in [6.45, 7) is 7.51. The van der Waals surface area contributed by atoms with Crippen molar-refractivity contribution in [2.75, 3.05) is 31.4 Å². The first-order valence-corrected chi connectivity index (χ1v) is 10.1. The first kappa shape index (κ1) is 21.5. The van der Waals surface area contributed by atoms with E-state index in [4.69, 9.17) is 15.2 Å². The molecule has 2 N–H and O–H groups in total. The standard InChI is InChI=1S/C22H36N2O3/c1-15(2)14-24(18-7-9-19(26-4)10-8-18)21-11-6-17(13-20(21)23)16(3)12-22(25)27-5/h6,11,13,15-16,18-19H,7-10,12,14,23H2,1-5H3/t16-,18-,19-/m1/s1. The van der Waals surface area contributed by atoms with E-state index in [-0.39, 0.29) is 11.9 Å². The minimum Gasteiger partial charge on any atom is -0.469 e. The monoisotopic (exact) mass is 376 g/mol.